The van der Waals surface area contributed by atoms with Gasteiger partial charge >= 0.3 is 0 Å². The highest BCUT2D eigenvalue weighted by Crippen LogP contribution is 2.22. The molecule has 0 saturated heterocycles. The number of thiazole rings is 1. The number of amides is 1. The van der Waals surface area contributed by atoms with Crippen molar-refractivity contribution in [3.05, 3.63) is 57.8 Å². The normalized spacial score (nSPS) is 12.6. The van der Waals surface area contributed by atoms with Gasteiger partial charge in [-0.3, -0.25) is 4.79 Å². The number of aromatic nitrogens is 1. The summed E-state index contributed by atoms with van der Waals surface area (Å²) >= 11 is 4.83. The molecule has 1 heterocycles. The number of benzene rings is 2. The van der Waals surface area contributed by atoms with Crippen LogP contribution in [0.15, 0.2) is 62.9 Å². The minimum atomic E-state index is -3.51. The Labute approximate surface area is 175 Å². The smallest absolute Gasteiger partial charge is 0.249 e. The van der Waals surface area contributed by atoms with Crippen molar-refractivity contribution in [1.82, 2.24) is 4.57 Å². The Morgan fingerprint density at radius 3 is 2.68 bits per heavy atom. The molecule has 0 aliphatic heterocycles. The number of halogens is 1. The molecular formula is C19H19BrN2O4S2. The Morgan fingerprint density at radius 2 is 1.96 bits per heavy atom. The summed E-state index contributed by atoms with van der Waals surface area (Å²) in [5.74, 6) is -0.732. The Balaban J connectivity index is 1.86. The van der Waals surface area contributed by atoms with Gasteiger partial charge in [0.15, 0.2) is 14.6 Å². The largest absolute Gasteiger partial charge is 0.383 e. The fourth-order valence-electron chi connectivity index (χ4n) is 2.66. The lowest BCUT2D eigenvalue weighted by Crippen LogP contribution is -2.20. The Kier molecular flexibility index (Phi) is 6.82. The fourth-order valence-corrected chi connectivity index (χ4v) is 5.54. The van der Waals surface area contributed by atoms with Gasteiger partial charge in [-0.15, -0.1) is 0 Å². The number of rotatable bonds is 7. The average molecular weight is 483 g/mol. The van der Waals surface area contributed by atoms with Gasteiger partial charge in [0.1, 0.15) is 0 Å². The number of nitrogens with zero attached hydrogens (tertiary/aromatic N) is 2. The van der Waals surface area contributed by atoms with Crippen molar-refractivity contribution in [1.29, 1.82) is 0 Å². The summed E-state index contributed by atoms with van der Waals surface area (Å²) in [6.45, 7) is 1.03. The summed E-state index contributed by atoms with van der Waals surface area (Å²) in [4.78, 5) is 17.3. The number of methoxy groups -OCH3 is 1. The lowest BCUT2D eigenvalue weighted by atomic mass is 10.3. The second kappa shape index (κ2) is 9.13. The molecule has 148 valence electrons. The Hall–Kier alpha value is -1.81. The van der Waals surface area contributed by atoms with Crippen LogP contribution < -0.4 is 4.80 Å². The molecular weight excluding hydrogens is 464 g/mol. The van der Waals surface area contributed by atoms with Gasteiger partial charge in [-0.05, 0) is 30.3 Å². The highest BCUT2D eigenvalue weighted by atomic mass is 79.9. The zero-order chi connectivity index (χ0) is 20.1. The van der Waals surface area contributed by atoms with Crippen LogP contribution in [-0.4, -0.2) is 38.4 Å². The predicted octanol–water partition coefficient (Wildman–Crippen LogP) is 3.40. The SMILES string of the molecule is COCCn1c(=NC(=O)CCS(=O)(=O)c2ccccc2)sc2cc(Br)ccc21. The van der Waals surface area contributed by atoms with Gasteiger partial charge in [-0.1, -0.05) is 45.5 Å². The van der Waals surface area contributed by atoms with Crippen molar-refractivity contribution in [2.24, 2.45) is 4.99 Å². The topological polar surface area (TPSA) is 77.7 Å². The third kappa shape index (κ3) is 4.96. The molecule has 0 radical (unpaired) electrons. The quantitative estimate of drug-likeness (QED) is 0.516. The maximum absolute atomic E-state index is 12.4. The van der Waals surface area contributed by atoms with E-state index >= 15 is 0 Å². The standard InChI is InChI=1S/C19H19BrN2O4S2/c1-26-11-10-22-16-8-7-14(20)13-17(16)27-19(22)21-18(23)9-12-28(24,25)15-5-3-2-4-6-15/h2-8,13H,9-12H2,1H3. The van der Waals surface area contributed by atoms with E-state index in [0.29, 0.717) is 18.0 Å². The minimum Gasteiger partial charge on any atom is -0.383 e. The molecule has 0 saturated carbocycles. The summed E-state index contributed by atoms with van der Waals surface area (Å²) < 4.78 is 33.7. The number of ether oxygens (including phenoxy) is 1. The van der Waals surface area contributed by atoms with Crippen molar-refractivity contribution in [2.75, 3.05) is 19.5 Å². The molecule has 2 aromatic carbocycles. The number of hydrogen-bond acceptors (Lipinski definition) is 5. The predicted molar refractivity (Wildman–Crippen MR) is 113 cm³/mol. The molecule has 3 aromatic rings. The van der Waals surface area contributed by atoms with Crippen LogP contribution in [0, 0.1) is 0 Å². The molecule has 0 fully saturated rings. The summed E-state index contributed by atoms with van der Waals surface area (Å²) in [6, 6.07) is 14.0. The van der Waals surface area contributed by atoms with E-state index < -0.39 is 15.7 Å². The van der Waals surface area contributed by atoms with E-state index in [4.69, 9.17) is 4.74 Å². The van der Waals surface area contributed by atoms with Crippen LogP contribution in [0.25, 0.3) is 10.2 Å². The highest BCUT2D eigenvalue weighted by molar-refractivity contribution is 9.10. The summed E-state index contributed by atoms with van der Waals surface area (Å²) in [5, 5.41) is 0. The fraction of sp³-hybridized carbons (Fsp3) is 0.263. The first-order chi connectivity index (χ1) is 13.4. The van der Waals surface area contributed by atoms with E-state index in [1.807, 2.05) is 22.8 Å². The van der Waals surface area contributed by atoms with Gasteiger partial charge in [-0.2, -0.15) is 4.99 Å². The van der Waals surface area contributed by atoms with E-state index in [-0.39, 0.29) is 17.1 Å². The number of sulfone groups is 1. The molecule has 9 heteroatoms. The number of fused-ring (bicyclic) bond motifs is 1. The first-order valence-corrected chi connectivity index (χ1v) is 11.8. The second-order valence-corrected chi connectivity index (χ2v) is 10.1. The number of carbonyl (C=O) groups excluding carboxylic acids is 1. The molecule has 0 N–H and O–H groups in total. The molecule has 0 bridgehead atoms. The zero-order valence-electron chi connectivity index (χ0n) is 15.2. The lowest BCUT2D eigenvalue weighted by Gasteiger charge is -2.04. The van der Waals surface area contributed by atoms with Gasteiger partial charge < -0.3 is 9.30 Å². The number of carbonyl (C=O) groups is 1. The summed E-state index contributed by atoms with van der Waals surface area (Å²) in [6.07, 6.45) is -0.167. The van der Waals surface area contributed by atoms with E-state index in [9.17, 15) is 13.2 Å². The molecule has 6 nitrogen and oxygen atoms in total. The first-order valence-electron chi connectivity index (χ1n) is 8.54. The third-order valence-electron chi connectivity index (χ3n) is 4.07. The van der Waals surface area contributed by atoms with E-state index in [1.165, 1.54) is 23.5 Å². The highest BCUT2D eigenvalue weighted by Gasteiger charge is 2.16. The van der Waals surface area contributed by atoms with Crippen LogP contribution in [-0.2, 0) is 25.9 Å². The minimum absolute atomic E-state index is 0.167. The van der Waals surface area contributed by atoms with Gasteiger partial charge in [-0.25, -0.2) is 8.42 Å². The zero-order valence-corrected chi connectivity index (χ0v) is 18.4. The molecule has 3 rings (SSSR count). The maximum atomic E-state index is 12.4. The summed E-state index contributed by atoms with van der Waals surface area (Å²) in [5.41, 5.74) is 0.953. The average Bonchev–Trinajstić information content (AvgIpc) is 3.01. The van der Waals surface area contributed by atoms with Crippen LogP contribution >= 0.6 is 27.3 Å². The van der Waals surface area contributed by atoms with Gasteiger partial charge in [0.2, 0.25) is 5.91 Å². The van der Waals surface area contributed by atoms with Crippen molar-refractivity contribution in [2.45, 2.75) is 17.9 Å². The van der Waals surface area contributed by atoms with Crippen molar-refractivity contribution < 1.29 is 17.9 Å². The monoisotopic (exact) mass is 482 g/mol. The molecule has 0 atom stereocenters. The van der Waals surface area contributed by atoms with Gasteiger partial charge in [0, 0.05) is 24.5 Å². The molecule has 1 amide bonds. The van der Waals surface area contributed by atoms with E-state index in [0.717, 1.165) is 14.7 Å². The van der Waals surface area contributed by atoms with E-state index in [1.54, 1.807) is 25.3 Å². The van der Waals surface area contributed by atoms with Crippen molar-refractivity contribution in [3.8, 4) is 0 Å². The van der Waals surface area contributed by atoms with Gasteiger partial charge in [0.25, 0.3) is 0 Å². The van der Waals surface area contributed by atoms with Crippen LogP contribution in [0.5, 0.6) is 0 Å². The van der Waals surface area contributed by atoms with Crippen LogP contribution in [0.2, 0.25) is 0 Å². The Morgan fingerprint density at radius 1 is 1.21 bits per heavy atom. The molecule has 0 unspecified atom stereocenters. The van der Waals surface area contributed by atoms with Crippen LogP contribution in [0.1, 0.15) is 6.42 Å². The van der Waals surface area contributed by atoms with Crippen LogP contribution in [0.3, 0.4) is 0 Å². The Bertz CT molecular complexity index is 1150. The van der Waals surface area contributed by atoms with Crippen molar-refractivity contribution >= 4 is 53.2 Å². The molecule has 28 heavy (non-hydrogen) atoms. The van der Waals surface area contributed by atoms with E-state index in [2.05, 4.69) is 20.9 Å². The molecule has 1 aromatic heterocycles. The third-order valence-corrected chi connectivity index (χ3v) is 7.34. The summed E-state index contributed by atoms with van der Waals surface area (Å²) in [7, 11) is -1.90. The van der Waals surface area contributed by atoms with Crippen LogP contribution in [0.4, 0.5) is 0 Å². The maximum Gasteiger partial charge on any atom is 0.249 e. The second-order valence-electron chi connectivity index (χ2n) is 6.03. The molecule has 0 aliphatic carbocycles. The molecule has 0 aliphatic rings. The molecule has 0 spiro atoms. The first kappa shape index (κ1) is 20.9. The van der Waals surface area contributed by atoms with Crippen molar-refractivity contribution in [3.63, 3.8) is 0 Å². The lowest BCUT2D eigenvalue weighted by molar-refractivity contribution is -0.117. The van der Waals surface area contributed by atoms with Gasteiger partial charge in [0.05, 0.1) is 27.5 Å². The number of hydrogen-bond donors (Lipinski definition) is 0.